The Morgan fingerprint density at radius 1 is 1.18 bits per heavy atom. The molecule has 4 nitrogen and oxygen atoms in total. The summed E-state index contributed by atoms with van der Waals surface area (Å²) in [5.74, 6) is 1.26. The van der Waals surface area contributed by atoms with E-state index in [2.05, 4.69) is 12.2 Å². The fourth-order valence-electron chi connectivity index (χ4n) is 2.46. The Morgan fingerprint density at radius 3 is 2.50 bits per heavy atom. The number of nitrogens with one attached hydrogen (secondary N) is 1. The number of aromatic nitrogens is 1. The maximum Gasteiger partial charge on any atom is 0.268 e. The monoisotopic (exact) mass is 432 g/mol. The van der Waals surface area contributed by atoms with Gasteiger partial charge in [-0.15, -0.1) is 0 Å². The molecule has 1 heterocycles. The van der Waals surface area contributed by atoms with E-state index >= 15 is 0 Å². The molecule has 0 saturated heterocycles. The standard InChI is InChI=1S/C21H21ClN2O2S2/c1-4-27-20-23-17(14-8-6-5-7-9-14)18(28-20)24-19(25)21(2,3)26-16-12-10-15(22)11-13-16/h5-13H,4H2,1-3H3,(H,24,25). The molecule has 0 spiro atoms. The molecule has 0 unspecified atom stereocenters. The largest absolute Gasteiger partial charge is 0.478 e. The molecule has 0 saturated carbocycles. The van der Waals surface area contributed by atoms with Gasteiger partial charge >= 0.3 is 0 Å². The third-order valence-electron chi connectivity index (χ3n) is 3.88. The van der Waals surface area contributed by atoms with E-state index in [1.165, 1.54) is 11.3 Å². The number of hydrogen-bond donors (Lipinski definition) is 1. The highest BCUT2D eigenvalue weighted by atomic mass is 35.5. The van der Waals surface area contributed by atoms with Crippen molar-refractivity contribution in [3.63, 3.8) is 0 Å². The minimum Gasteiger partial charge on any atom is -0.478 e. The number of benzene rings is 2. The van der Waals surface area contributed by atoms with Crippen LogP contribution < -0.4 is 10.1 Å². The van der Waals surface area contributed by atoms with Crippen LogP contribution in [0, 0.1) is 0 Å². The third-order valence-corrected chi connectivity index (χ3v) is 6.13. The Bertz CT molecular complexity index is 941. The quantitative estimate of drug-likeness (QED) is 0.440. The summed E-state index contributed by atoms with van der Waals surface area (Å²) in [6.45, 7) is 5.55. The van der Waals surface area contributed by atoms with E-state index < -0.39 is 5.60 Å². The van der Waals surface area contributed by atoms with Gasteiger partial charge in [0.1, 0.15) is 16.4 Å². The summed E-state index contributed by atoms with van der Waals surface area (Å²) in [7, 11) is 0. The number of carbonyl (C=O) groups excluding carboxylic acids is 1. The highest BCUT2D eigenvalue weighted by Gasteiger charge is 2.31. The lowest BCUT2D eigenvalue weighted by molar-refractivity contribution is -0.128. The number of anilines is 1. The van der Waals surface area contributed by atoms with Crippen molar-refractivity contribution in [3.05, 3.63) is 59.6 Å². The maximum atomic E-state index is 13.0. The molecule has 1 amide bonds. The number of amides is 1. The number of hydrogen-bond acceptors (Lipinski definition) is 5. The van der Waals surface area contributed by atoms with Crippen molar-refractivity contribution < 1.29 is 9.53 Å². The third kappa shape index (κ3) is 5.07. The van der Waals surface area contributed by atoms with Crippen molar-refractivity contribution in [1.29, 1.82) is 0 Å². The number of nitrogens with zero attached hydrogens (tertiary/aromatic N) is 1. The van der Waals surface area contributed by atoms with Crippen LogP contribution in [0.5, 0.6) is 5.75 Å². The average Bonchev–Trinajstić information content (AvgIpc) is 3.07. The van der Waals surface area contributed by atoms with Crippen LogP contribution >= 0.6 is 34.7 Å². The first-order valence-electron chi connectivity index (χ1n) is 8.84. The molecule has 0 aliphatic heterocycles. The Morgan fingerprint density at radius 2 is 1.86 bits per heavy atom. The second-order valence-electron chi connectivity index (χ2n) is 6.48. The summed E-state index contributed by atoms with van der Waals surface area (Å²) in [6, 6.07) is 16.8. The minimum atomic E-state index is -1.07. The fourth-order valence-corrected chi connectivity index (χ4v) is 4.54. The van der Waals surface area contributed by atoms with Gasteiger partial charge in [0.2, 0.25) is 0 Å². The van der Waals surface area contributed by atoms with Crippen LogP contribution in [0.1, 0.15) is 20.8 Å². The number of thiazole rings is 1. The van der Waals surface area contributed by atoms with Gasteiger partial charge in [-0.3, -0.25) is 4.79 Å². The Balaban J connectivity index is 1.83. The van der Waals surface area contributed by atoms with Gasteiger partial charge in [0, 0.05) is 10.6 Å². The number of halogens is 1. The zero-order valence-corrected chi connectivity index (χ0v) is 18.3. The summed E-state index contributed by atoms with van der Waals surface area (Å²) in [6.07, 6.45) is 0. The molecule has 0 radical (unpaired) electrons. The van der Waals surface area contributed by atoms with Crippen LogP contribution in [0.3, 0.4) is 0 Å². The molecule has 3 aromatic rings. The van der Waals surface area contributed by atoms with Crippen molar-refractivity contribution in [2.75, 3.05) is 11.1 Å². The second-order valence-corrected chi connectivity index (χ2v) is 9.42. The highest BCUT2D eigenvalue weighted by Crippen LogP contribution is 2.38. The molecule has 0 aliphatic rings. The van der Waals surface area contributed by atoms with Gasteiger partial charge in [-0.05, 0) is 43.9 Å². The first kappa shape index (κ1) is 20.7. The summed E-state index contributed by atoms with van der Waals surface area (Å²) in [5.41, 5.74) is 0.676. The first-order valence-corrected chi connectivity index (χ1v) is 11.0. The van der Waals surface area contributed by atoms with Crippen LogP contribution in [0.15, 0.2) is 58.9 Å². The topological polar surface area (TPSA) is 51.2 Å². The summed E-state index contributed by atoms with van der Waals surface area (Å²) in [5, 5.41) is 4.35. The number of rotatable bonds is 7. The lowest BCUT2D eigenvalue weighted by atomic mass is 10.1. The van der Waals surface area contributed by atoms with Gasteiger partial charge in [-0.25, -0.2) is 4.98 Å². The van der Waals surface area contributed by atoms with Gasteiger partial charge in [-0.1, -0.05) is 72.0 Å². The van der Waals surface area contributed by atoms with Gasteiger partial charge in [-0.2, -0.15) is 0 Å². The highest BCUT2D eigenvalue weighted by molar-refractivity contribution is 8.01. The number of ether oxygens (including phenoxy) is 1. The molecular weight excluding hydrogens is 412 g/mol. The lowest BCUT2D eigenvalue weighted by Gasteiger charge is -2.25. The van der Waals surface area contributed by atoms with Gasteiger partial charge in [0.15, 0.2) is 9.94 Å². The zero-order chi connectivity index (χ0) is 20.1. The molecular formula is C21H21ClN2O2S2. The average molecular weight is 433 g/mol. The molecule has 1 N–H and O–H groups in total. The second kappa shape index (κ2) is 8.99. The predicted molar refractivity (Wildman–Crippen MR) is 119 cm³/mol. The van der Waals surface area contributed by atoms with Gasteiger partial charge < -0.3 is 10.1 Å². The molecule has 146 valence electrons. The summed E-state index contributed by atoms with van der Waals surface area (Å²) < 4.78 is 6.82. The summed E-state index contributed by atoms with van der Waals surface area (Å²) in [4.78, 5) is 17.7. The molecule has 3 rings (SSSR count). The van der Waals surface area contributed by atoms with Crippen LogP contribution in [-0.2, 0) is 4.79 Å². The maximum absolute atomic E-state index is 13.0. The van der Waals surface area contributed by atoms with E-state index in [1.54, 1.807) is 49.9 Å². The molecule has 0 aliphatic carbocycles. The summed E-state index contributed by atoms with van der Waals surface area (Å²) >= 11 is 9.05. The van der Waals surface area contributed by atoms with Crippen molar-refractivity contribution >= 4 is 45.6 Å². The number of carbonyl (C=O) groups is 1. The lowest BCUT2D eigenvalue weighted by Crippen LogP contribution is -2.42. The molecule has 1 aromatic heterocycles. The van der Waals surface area contributed by atoms with Gasteiger partial charge in [0.05, 0.1) is 0 Å². The van der Waals surface area contributed by atoms with Crippen molar-refractivity contribution in [2.24, 2.45) is 0 Å². The SMILES string of the molecule is CCSc1nc(-c2ccccc2)c(NC(=O)C(C)(C)Oc2ccc(Cl)cc2)s1. The molecule has 2 aromatic carbocycles. The van der Waals surface area contributed by atoms with Crippen LogP contribution in [-0.4, -0.2) is 22.2 Å². The van der Waals surface area contributed by atoms with E-state index in [0.29, 0.717) is 10.8 Å². The molecule has 0 bridgehead atoms. The fraction of sp³-hybridized carbons (Fsp3) is 0.238. The van der Waals surface area contributed by atoms with Crippen LogP contribution in [0.4, 0.5) is 5.00 Å². The van der Waals surface area contributed by atoms with E-state index in [0.717, 1.165) is 26.4 Å². The van der Waals surface area contributed by atoms with Crippen molar-refractivity contribution in [2.45, 2.75) is 30.7 Å². The Labute approximate surface area is 178 Å². The normalized spacial score (nSPS) is 11.3. The van der Waals surface area contributed by atoms with Crippen LogP contribution in [0.2, 0.25) is 5.02 Å². The molecule has 7 heteroatoms. The molecule has 0 fully saturated rings. The van der Waals surface area contributed by atoms with Crippen LogP contribution in [0.25, 0.3) is 11.3 Å². The smallest absolute Gasteiger partial charge is 0.268 e. The Kier molecular flexibility index (Phi) is 6.65. The van der Waals surface area contributed by atoms with E-state index in [9.17, 15) is 4.79 Å². The first-order chi connectivity index (χ1) is 13.4. The molecule has 28 heavy (non-hydrogen) atoms. The Hall–Kier alpha value is -2.02. The van der Waals surface area contributed by atoms with E-state index in [-0.39, 0.29) is 5.91 Å². The van der Waals surface area contributed by atoms with Crippen molar-refractivity contribution in [1.82, 2.24) is 4.98 Å². The minimum absolute atomic E-state index is 0.240. The molecule has 0 atom stereocenters. The predicted octanol–water partition coefficient (Wildman–Crippen LogP) is 6.37. The van der Waals surface area contributed by atoms with E-state index in [1.807, 2.05) is 30.3 Å². The van der Waals surface area contributed by atoms with Crippen molar-refractivity contribution in [3.8, 4) is 17.0 Å². The zero-order valence-electron chi connectivity index (χ0n) is 15.9. The number of thioether (sulfide) groups is 1. The van der Waals surface area contributed by atoms with Gasteiger partial charge in [0.25, 0.3) is 5.91 Å². The van der Waals surface area contributed by atoms with E-state index in [4.69, 9.17) is 21.3 Å².